The van der Waals surface area contributed by atoms with Crippen LogP contribution in [-0.4, -0.2) is 13.1 Å². The lowest BCUT2D eigenvalue weighted by Gasteiger charge is -2.17. The molecule has 0 radical (unpaired) electrons. The summed E-state index contributed by atoms with van der Waals surface area (Å²) in [5.41, 5.74) is 2.25. The molecule has 0 saturated heterocycles. The highest BCUT2D eigenvalue weighted by molar-refractivity contribution is 5.77. The lowest BCUT2D eigenvalue weighted by atomic mass is 10.0. The molecule has 1 N–H and O–H groups in total. The number of hydrogen-bond donors (Lipinski definition) is 1. The van der Waals surface area contributed by atoms with Gasteiger partial charge in [0, 0.05) is 6.54 Å². The maximum Gasteiger partial charge on any atom is 0.327 e. The van der Waals surface area contributed by atoms with E-state index < -0.39 is 12.0 Å². The fourth-order valence-electron chi connectivity index (χ4n) is 2.12. The number of halogens is 1. The summed E-state index contributed by atoms with van der Waals surface area (Å²) in [5, 5.41) is 3.15. The van der Waals surface area contributed by atoms with Crippen molar-refractivity contribution >= 4 is 5.97 Å². The summed E-state index contributed by atoms with van der Waals surface area (Å²) in [6, 6.07) is 13.8. The van der Waals surface area contributed by atoms with Crippen molar-refractivity contribution in [1.82, 2.24) is 5.32 Å². The van der Waals surface area contributed by atoms with Gasteiger partial charge >= 0.3 is 5.97 Å². The minimum Gasteiger partial charge on any atom is -0.468 e. The van der Waals surface area contributed by atoms with E-state index in [1.54, 1.807) is 19.1 Å². The fourth-order valence-corrected chi connectivity index (χ4v) is 2.12. The highest BCUT2D eigenvalue weighted by Crippen LogP contribution is 2.18. The summed E-state index contributed by atoms with van der Waals surface area (Å²) in [6.45, 7) is 2.20. The quantitative estimate of drug-likeness (QED) is 0.859. The standard InChI is InChI=1S/C17H18FNO2/c1-12-10-14(8-9-15(12)18)16(17(20)21-2)19-11-13-6-4-3-5-7-13/h3-10,16,19H,11H2,1-2H3. The molecule has 0 spiro atoms. The number of nitrogens with one attached hydrogen (secondary N) is 1. The number of benzene rings is 2. The number of rotatable bonds is 5. The zero-order valence-electron chi connectivity index (χ0n) is 12.1. The lowest BCUT2D eigenvalue weighted by Crippen LogP contribution is -2.29. The van der Waals surface area contributed by atoms with Gasteiger partial charge in [-0.3, -0.25) is 5.32 Å². The lowest BCUT2D eigenvalue weighted by molar-refractivity contribution is -0.143. The van der Waals surface area contributed by atoms with Crippen molar-refractivity contribution in [3.05, 3.63) is 71.0 Å². The van der Waals surface area contributed by atoms with Gasteiger partial charge in [0.25, 0.3) is 0 Å². The molecule has 110 valence electrons. The molecular weight excluding hydrogens is 269 g/mol. The van der Waals surface area contributed by atoms with E-state index in [0.717, 1.165) is 5.56 Å². The molecule has 0 aromatic heterocycles. The largest absolute Gasteiger partial charge is 0.468 e. The van der Waals surface area contributed by atoms with E-state index in [1.165, 1.54) is 13.2 Å². The molecule has 3 nitrogen and oxygen atoms in total. The van der Waals surface area contributed by atoms with Gasteiger partial charge in [-0.1, -0.05) is 42.5 Å². The first-order chi connectivity index (χ1) is 10.1. The number of ether oxygens (including phenoxy) is 1. The molecule has 0 bridgehead atoms. The van der Waals surface area contributed by atoms with Gasteiger partial charge in [-0.15, -0.1) is 0 Å². The topological polar surface area (TPSA) is 38.3 Å². The monoisotopic (exact) mass is 287 g/mol. The number of methoxy groups -OCH3 is 1. The number of hydrogen-bond acceptors (Lipinski definition) is 3. The first-order valence-corrected chi connectivity index (χ1v) is 6.73. The van der Waals surface area contributed by atoms with Crippen molar-refractivity contribution in [2.75, 3.05) is 7.11 Å². The minimum atomic E-state index is -0.616. The molecule has 21 heavy (non-hydrogen) atoms. The Balaban J connectivity index is 2.18. The molecule has 0 aliphatic rings. The molecule has 0 fully saturated rings. The zero-order valence-corrected chi connectivity index (χ0v) is 12.1. The van der Waals surface area contributed by atoms with Crippen LogP contribution in [0.5, 0.6) is 0 Å². The summed E-state index contributed by atoms with van der Waals surface area (Å²) in [5.74, 6) is -0.678. The molecule has 2 aromatic rings. The van der Waals surface area contributed by atoms with Gasteiger partial charge in [0.05, 0.1) is 7.11 Å². The highest BCUT2D eigenvalue weighted by Gasteiger charge is 2.21. The predicted molar refractivity (Wildman–Crippen MR) is 79.2 cm³/mol. The average Bonchev–Trinajstić information content (AvgIpc) is 2.51. The Morgan fingerprint density at radius 3 is 2.57 bits per heavy atom. The van der Waals surface area contributed by atoms with Crippen LogP contribution in [0.25, 0.3) is 0 Å². The molecule has 2 rings (SSSR count). The van der Waals surface area contributed by atoms with Crippen molar-refractivity contribution in [2.45, 2.75) is 19.5 Å². The zero-order chi connectivity index (χ0) is 15.2. The smallest absolute Gasteiger partial charge is 0.327 e. The van der Waals surface area contributed by atoms with Gasteiger partial charge in [-0.25, -0.2) is 9.18 Å². The third-order valence-electron chi connectivity index (χ3n) is 3.31. The number of carbonyl (C=O) groups excluding carboxylic acids is 1. The molecule has 1 atom stereocenters. The Labute approximate surface area is 123 Å². The Morgan fingerprint density at radius 1 is 1.24 bits per heavy atom. The Bertz CT molecular complexity index is 613. The van der Waals surface area contributed by atoms with Gasteiger partial charge in [0.15, 0.2) is 0 Å². The first-order valence-electron chi connectivity index (χ1n) is 6.73. The third kappa shape index (κ3) is 3.89. The molecule has 0 amide bonds. The minimum absolute atomic E-state index is 0.287. The predicted octanol–water partition coefficient (Wildman–Crippen LogP) is 3.14. The molecule has 1 unspecified atom stereocenters. The van der Waals surface area contributed by atoms with Gasteiger partial charge in [-0.05, 0) is 29.7 Å². The second-order valence-corrected chi connectivity index (χ2v) is 4.83. The maximum absolute atomic E-state index is 13.4. The van der Waals surface area contributed by atoms with E-state index in [1.807, 2.05) is 30.3 Å². The van der Waals surface area contributed by atoms with Crippen molar-refractivity contribution in [1.29, 1.82) is 0 Å². The van der Waals surface area contributed by atoms with Crippen LogP contribution in [0.1, 0.15) is 22.7 Å². The van der Waals surface area contributed by atoms with E-state index in [-0.39, 0.29) is 5.82 Å². The molecule has 4 heteroatoms. The Kier molecular flexibility index (Phi) is 5.06. The van der Waals surface area contributed by atoms with Crippen molar-refractivity contribution in [3.63, 3.8) is 0 Å². The van der Waals surface area contributed by atoms with Crippen LogP contribution in [0.4, 0.5) is 4.39 Å². The molecule has 0 aliphatic carbocycles. The van der Waals surface area contributed by atoms with E-state index in [2.05, 4.69) is 5.32 Å². The molecule has 0 saturated carbocycles. The van der Waals surface area contributed by atoms with Gasteiger partial charge in [0.1, 0.15) is 11.9 Å². The van der Waals surface area contributed by atoms with Crippen LogP contribution in [0.2, 0.25) is 0 Å². The van der Waals surface area contributed by atoms with E-state index in [0.29, 0.717) is 17.7 Å². The number of carbonyl (C=O) groups is 1. The van der Waals surface area contributed by atoms with E-state index in [4.69, 9.17) is 4.74 Å². The SMILES string of the molecule is COC(=O)C(NCc1ccccc1)c1ccc(F)c(C)c1. The number of esters is 1. The summed E-state index contributed by atoms with van der Waals surface area (Å²) in [4.78, 5) is 12.0. The van der Waals surface area contributed by atoms with Crippen LogP contribution in [0.15, 0.2) is 48.5 Å². The fraction of sp³-hybridized carbons (Fsp3) is 0.235. The molecular formula is C17H18FNO2. The van der Waals surface area contributed by atoms with Crippen LogP contribution >= 0.6 is 0 Å². The van der Waals surface area contributed by atoms with E-state index in [9.17, 15) is 9.18 Å². The Morgan fingerprint density at radius 2 is 1.95 bits per heavy atom. The highest BCUT2D eigenvalue weighted by atomic mass is 19.1. The molecule has 2 aromatic carbocycles. The van der Waals surface area contributed by atoms with Crippen molar-refractivity contribution in [2.24, 2.45) is 0 Å². The van der Waals surface area contributed by atoms with Crippen molar-refractivity contribution < 1.29 is 13.9 Å². The molecule has 0 heterocycles. The van der Waals surface area contributed by atoms with Crippen LogP contribution in [0.3, 0.4) is 0 Å². The summed E-state index contributed by atoms with van der Waals surface area (Å²) in [6.07, 6.45) is 0. The summed E-state index contributed by atoms with van der Waals surface area (Å²) >= 11 is 0. The molecule has 0 aliphatic heterocycles. The second-order valence-electron chi connectivity index (χ2n) is 4.83. The third-order valence-corrected chi connectivity index (χ3v) is 3.31. The Hall–Kier alpha value is -2.20. The van der Waals surface area contributed by atoms with Gasteiger partial charge in [-0.2, -0.15) is 0 Å². The summed E-state index contributed by atoms with van der Waals surface area (Å²) in [7, 11) is 1.34. The first kappa shape index (κ1) is 15.2. The summed E-state index contributed by atoms with van der Waals surface area (Å²) < 4.78 is 18.2. The average molecular weight is 287 g/mol. The van der Waals surface area contributed by atoms with E-state index >= 15 is 0 Å². The van der Waals surface area contributed by atoms with Crippen LogP contribution < -0.4 is 5.32 Å². The normalized spacial score (nSPS) is 12.0. The number of aryl methyl sites for hydroxylation is 1. The van der Waals surface area contributed by atoms with Gasteiger partial charge in [0.2, 0.25) is 0 Å². The second kappa shape index (κ2) is 6.99. The maximum atomic E-state index is 13.4. The van der Waals surface area contributed by atoms with Crippen molar-refractivity contribution in [3.8, 4) is 0 Å². The van der Waals surface area contributed by atoms with Gasteiger partial charge < -0.3 is 4.74 Å². The van der Waals surface area contributed by atoms with Crippen LogP contribution in [-0.2, 0) is 16.1 Å². The van der Waals surface area contributed by atoms with Crippen LogP contribution in [0, 0.1) is 12.7 Å².